The van der Waals surface area contributed by atoms with Crippen LogP contribution in [0.2, 0.25) is 0 Å². The third kappa shape index (κ3) is 5.85. The number of unbranched alkanes of at least 4 members (excludes halogenated alkanes) is 2. The number of carbonyl (C=O) groups excluding carboxylic acids is 1. The molecule has 0 N–H and O–H groups in total. The van der Waals surface area contributed by atoms with Crippen LogP contribution in [0.3, 0.4) is 0 Å². The van der Waals surface area contributed by atoms with Gasteiger partial charge in [0, 0.05) is 6.08 Å². The summed E-state index contributed by atoms with van der Waals surface area (Å²) in [5.41, 5.74) is 5.38. The Hall–Kier alpha value is -2.81. The summed E-state index contributed by atoms with van der Waals surface area (Å²) in [4.78, 5) is 11.0. The highest BCUT2D eigenvalue weighted by atomic mass is 16.5. The average Bonchev–Trinajstić information content (AvgIpc) is 2.95. The Morgan fingerprint density at radius 1 is 1.00 bits per heavy atom. The predicted molar refractivity (Wildman–Crippen MR) is 114 cm³/mol. The van der Waals surface area contributed by atoms with Gasteiger partial charge in [0.05, 0.1) is 13.2 Å². The molecule has 28 heavy (non-hydrogen) atoms. The van der Waals surface area contributed by atoms with Crippen LogP contribution < -0.4 is 4.74 Å². The third-order valence-electron chi connectivity index (χ3n) is 4.95. The van der Waals surface area contributed by atoms with E-state index in [2.05, 4.69) is 61.2 Å². The van der Waals surface area contributed by atoms with Crippen LogP contribution in [0.4, 0.5) is 0 Å². The summed E-state index contributed by atoms with van der Waals surface area (Å²) in [6, 6.07) is 17.1. The van der Waals surface area contributed by atoms with E-state index in [-0.39, 0.29) is 5.97 Å². The topological polar surface area (TPSA) is 35.5 Å². The summed E-state index contributed by atoms with van der Waals surface area (Å²) < 4.78 is 10.9. The fourth-order valence-electron chi connectivity index (χ4n) is 3.44. The zero-order valence-electron chi connectivity index (χ0n) is 16.4. The lowest BCUT2D eigenvalue weighted by Crippen LogP contribution is -2.03. The highest BCUT2D eigenvalue weighted by Gasteiger charge is 2.11. The SMILES string of the molecule is C=CC(=O)OCCCCCOc1ccc2c(c1)CCCC(c1ccccc1)=C2. The van der Waals surface area contributed by atoms with E-state index in [1.807, 2.05) is 0 Å². The minimum Gasteiger partial charge on any atom is -0.494 e. The smallest absolute Gasteiger partial charge is 0.330 e. The maximum absolute atomic E-state index is 11.0. The van der Waals surface area contributed by atoms with Crippen molar-refractivity contribution in [3.8, 4) is 5.75 Å². The summed E-state index contributed by atoms with van der Waals surface area (Å²) in [7, 11) is 0. The van der Waals surface area contributed by atoms with Crippen molar-refractivity contribution in [3.63, 3.8) is 0 Å². The van der Waals surface area contributed by atoms with Crippen LogP contribution in [-0.2, 0) is 16.0 Å². The molecule has 0 atom stereocenters. The van der Waals surface area contributed by atoms with Gasteiger partial charge in [0.1, 0.15) is 5.75 Å². The normalized spacial score (nSPS) is 13.1. The van der Waals surface area contributed by atoms with Gasteiger partial charge in [0.15, 0.2) is 0 Å². The minimum absolute atomic E-state index is 0.356. The van der Waals surface area contributed by atoms with Crippen molar-refractivity contribution in [2.45, 2.75) is 38.5 Å². The molecule has 0 saturated heterocycles. The van der Waals surface area contributed by atoms with Gasteiger partial charge in [-0.1, -0.05) is 49.1 Å². The molecule has 1 aliphatic rings. The van der Waals surface area contributed by atoms with Gasteiger partial charge in [-0.05, 0) is 72.9 Å². The van der Waals surface area contributed by atoms with E-state index in [0.717, 1.165) is 44.3 Å². The van der Waals surface area contributed by atoms with Crippen LogP contribution in [0.1, 0.15) is 48.8 Å². The number of allylic oxidation sites excluding steroid dienone is 1. The molecule has 0 fully saturated rings. The highest BCUT2D eigenvalue weighted by Crippen LogP contribution is 2.31. The van der Waals surface area contributed by atoms with Crippen molar-refractivity contribution in [1.29, 1.82) is 0 Å². The molecule has 3 heteroatoms. The first-order valence-electron chi connectivity index (χ1n) is 10.1. The van der Waals surface area contributed by atoms with Crippen LogP contribution in [-0.4, -0.2) is 19.2 Å². The van der Waals surface area contributed by atoms with Crippen molar-refractivity contribution in [3.05, 3.63) is 77.9 Å². The van der Waals surface area contributed by atoms with Crippen molar-refractivity contribution >= 4 is 17.6 Å². The van der Waals surface area contributed by atoms with E-state index < -0.39 is 0 Å². The molecule has 3 nitrogen and oxygen atoms in total. The molecule has 2 aromatic carbocycles. The maximum atomic E-state index is 11.0. The molecule has 1 aliphatic carbocycles. The van der Waals surface area contributed by atoms with Crippen molar-refractivity contribution in [2.24, 2.45) is 0 Å². The van der Waals surface area contributed by atoms with E-state index in [1.165, 1.54) is 28.3 Å². The summed E-state index contributed by atoms with van der Waals surface area (Å²) in [5, 5.41) is 0. The zero-order valence-corrected chi connectivity index (χ0v) is 16.4. The van der Waals surface area contributed by atoms with E-state index in [4.69, 9.17) is 9.47 Å². The number of hydrogen-bond donors (Lipinski definition) is 0. The Labute approximate surface area is 167 Å². The Bertz CT molecular complexity index is 821. The van der Waals surface area contributed by atoms with Gasteiger partial charge >= 0.3 is 5.97 Å². The number of benzene rings is 2. The molecule has 146 valence electrons. The first-order chi connectivity index (χ1) is 13.8. The standard InChI is InChI=1S/C25H28O3/c1-2-25(26)28-17-8-4-7-16-27-24-15-14-23-18-21(12-9-13-22(23)19-24)20-10-5-3-6-11-20/h2-3,5-6,10-11,14-15,18-19H,1,4,7-9,12-13,16-17H2. The van der Waals surface area contributed by atoms with Gasteiger partial charge in [-0.3, -0.25) is 0 Å². The molecular formula is C25H28O3. The third-order valence-corrected chi connectivity index (χ3v) is 4.95. The fourth-order valence-corrected chi connectivity index (χ4v) is 3.44. The number of carbonyl (C=O) groups is 1. The molecule has 0 bridgehead atoms. The lowest BCUT2D eigenvalue weighted by Gasteiger charge is -2.10. The van der Waals surface area contributed by atoms with Crippen LogP contribution in [0.25, 0.3) is 11.6 Å². The molecular weight excluding hydrogens is 348 g/mol. The van der Waals surface area contributed by atoms with Gasteiger partial charge in [-0.25, -0.2) is 4.79 Å². The second-order valence-electron chi connectivity index (χ2n) is 7.03. The zero-order chi connectivity index (χ0) is 19.6. The van der Waals surface area contributed by atoms with Crippen LogP contribution in [0, 0.1) is 0 Å². The fraction of sp³-hybridized carbons (Fsp3) is 0.320. The maximum Gasteiger partial charge on any atom is 0.330 e. The molecule has 0 aromatic heterocycles. The Morgan fingerprint density at radius 2 is 1.82 bits per heavy atom. The van der Waals surface area contributed by atoms with E-state index in [9.17, 15) is 4.79 Å². The second-order valence-corrected chi connectivity index (χ2v) is 7.03. The Morgan fingerprint density at radius 3 is 2.64 bits per heavy atom. The van der Waals surface area contributed by atoms with Gasteiger partial charge in [-0.15, -0.1) is 0 Å². The number of aryl methyl sites for hydroxylation is 1. The summed E-state index contributed by atoms with van der Waals surface area (Å²) >= 11 is 0. The van der Waals surface area contributed by atoms with Crippen molar-refractivity contribution in [1.82, 2.24) is 0 Å². The molecule has 0 unspecified atom stereocenters. The highest BCUT2D eigenvalue weighted by molar-refractivity contribution is 5.83. The summed E-state index contributed by atoms with van der Waals surface area (Å²) in [5.74, 6) is 0.582. The van der Waals surface area contributed by atoms with E-state index in [1.54, 1.807) is 0 Å². The molecule has 0 saturated carbocycles. The Kier molecular flexibility index (Phi) is 7.48. The van der Waals surface area contributed by atoms with Gasteiger partial charge in [0.25, 0.3) is 0 Å². The van der Waals surface area contributed by atoms with Crippen molar-refractivity contribution < 1.29 is 14.3 Å². The predicted octanol–water partition coefficient (Wildman–Crippen LogP) is 5.84. The second kappa shape index (κ2) is 10.5. The average molecular weight is 376 g/mol. The van der Waals surface area contributed by atoms with Crippen molar-refractivity contribution in [2.75, 3.05) is 13.2 Å². The number of ether oxygens (including phenoxy) is 2. The number of esters is 1. The molecule has 3 rings (SSSR count). The minimum atomic E-state index is -0.356. The van der Waals surface area contributed by atoms with Crippen LogP contribution in [0.15, 0.2) is 61.2 Å². The number of fused-ring (bicyclic) bond motifs is 1. The summed E-state index contributed by atoms with van der Waals surface area (Å²) in [6.07, 6.45) is 9.62. The first kappa shape index (κ1) is 19.9. The van der Waals surface area contributed by atoms with E-state index >= 15 is 0 Å². The quantitative estimate of drug-likeness (QED) is 0.313. The molecule has 0 spiro atoms. The lowest BCUT2D eigenvalue weighted by atomic mass is 10.0. The monoisotopic (exact) mass is 376 g/mol. The van der Waals surface area contributed by atoms with Crippen LogP contribution in [0.5, 0.6) is 5.75 Å². The first-order valence-corrected chi connectivity index (χ1v) is 10.1. The summed E-state index contributed by atoms with van der Waals surface area (Å²) in [6.45, 7) is 4.50. The van der Waals surface area contributed by atoms with E-state index in [0.29, 0.717) is 13.2 Å². The molecule has 0 heterocycles. The molecule has 2 aromatic rings. The number of rotatable bonds is 9. The number of hydrogen-bond acceptors (Lipinski definition) is 3. The van der Waals surface area contributed by atoms with Gasteiger partial charge < -0.3 is 9.47 Å². The lowest BCUT2D eigenvalue weighted by molar-refractivity contribution is -0.137. The molecule has 0 amide bonds. The molecule has 0 radical (unpaired) electrons. The Balaban J connectivity index is 1.50. The van der Waals surface area contributed by atoms with Gasteiger partial charge in [0.2, 0.25) is 0 Å². The van der Waals surface area contributed by atoms with Crippen LogP contribution >= 0.6 is 0 Å². The largest absolute Gasteiger partial charge is 0.494 e. The molecule has 0 aliphatic heterocycles. The van der Waals surface area contributed by atoms with Gasteiger partial charge in [-0.2, -0.15) is 0 Å².